The summed E-state index contributed by atoms with van der Waals surface area (Å²) >= 11 is 2.00. The lowest BCUT2D eigenvalue weighted by Gasteiger charge is -2.15. The molecule has 0 aliphatic heterocycles. The Bertz CT molecular complexity index is 501. The van der Waals surface area contributed by atoms with E-state index < -0.39 is 0 Å². The zero-order valence-corrected chi connectivity index (χ0v) is 13.3. The van der Waals surface area contributed by atoms with E-state index >= 15 is 0 Å². The van der Waals surface area contributed by atoms with Gasteiger partial charge in [-0.2, -0.15) is 11.8 Å². The van der Waals surface area contributed by atoms with Crippen LogP contribution in [0.15, 0.2) is 12.1 Å². The molecule has 0 spiro atoms. The highest BCUT2D eigenvalue weighted by Crippen LogP contribution is 2.30. The second kappa shape index (κ2) is 6.53. The van der Waals surface area contributed by atoms with Gasteiger partial charge in [0.1, 0.15) is 0 Å². The predicted octanol–water partition coefficient (Wildman–Crippen LogP) is 3.29. The van der Waals surface area contributed by atoms with Crippen molar-refractivity contribution in [1.82, 2.24) is 5.32 Å². The molecule has 0 saturated heterocycles. The van der Waals surface area contributed by atoms with E-state index in [1.165, 1.54) is 6.42 Å². The Morgan fingerprint density at radius 3 is 2.80 bits per heavy atom. The minimum Gasteiger partial charge on any atom is -0.398 e. The lowest BCUT2D eigenvalue weighted by atomic mass is 10.0. The number of amides is 1. The molecule has 2 rings (SSSR count). The Hall–Kier alpha value is -1.16. The van der Waals surface area contributed by atoms with Gasteiger partial charge in [0, 0.05) is 22.5 Å². The van der Waals surface area contributed by atoms with Gasteiger partial charge in [0.05, 0.1) is 0 Å². The van der Waals surface area contributed by atoms with E-state index in [4.69, 9.17) is 5.73 Å². The topological polar surface area (TPSA) is 55.1 Å². The SMILES string of the molecule is CCSC1CCC(NC(=O)c2cc(N)c(C)cc2C)C1. The van der Waals surface area contributed by atoms with Crippen LogP contribution in [0.25, 0.3) is 0 Å². The van der Waals surface area contributed by atoms with E-state index in [0.717, 1.165) is 29.7 Å². The maximum atomic E-state index is 12.4. The summed E-state index contributed by atoms with van der Waals surface area (Å²) in [5.41, 5.74) is 9.33. The number of nitrogen functional groups attached to an aromatic ring is 1. The molecule has 1 aromatic carbocycles. The van der Waals surface area contributed by atoms with Crippen LogP contribution in [0.1, 0.15) is 47.7 Å². The van der Waals surface area contributed by atoms with E-state index in [2.05, 4.69) is 12.2 Å². The fourth-order valence-electron chi connectivity index (χ4n) is 2.84. The monoisotopic (exact) mass is 292 g/mol. The first-order chi connectivity index (χ1) is 9.51. The smallest absolute Gasteiger partial charge is 0.251 e. The number of nitrogens with one attached hydrogen (secondary N) is 1. The first kappa shape index (κ1) is 15.2. The number of anilines is 1. The summed E-state index contributed by atoms with van der Waals surface area (Å²) in [7, 11) is 0. The molecule has 1 amide bonds. The molecule has 3 nitrogen and oxygen atoms in total. The third-order valence-electron chi connectivity index (χ3n) is 3.98. The van der Waals surface area contributed by atoms with Crippen LogP contribution in [0.3, 0.4) is 0 Å². The third kappa shape index (κ3) is 3.48. The van der Waals surface area contributed by atoms with Gasteiger partial charge in [0.25, 0.3) is 5.91 Å². The fraction of sp³-hybridized carbons (Fsp3) is 0.562. The molecule has 0 bridgehead atoms. The zero-order valence-electron chi connectivity index (χ0n) is 12.5. The average Bonchev–Trinajstić information content (AvgIpc) is 2.81. The summed E-state index contributed by atoms with van der Waals surface area (Å²) in [5, 5.41) is 3.87. The largest absolute Gasteiger partial charge is 0.398 e. The summed E-state index contributed by atoms with van der Waals surface area (Å²) < 4.78 is 0. The second-order valence-corrected chi connectivity index (χ2v) is 7.16. The van der Waals surface area contributed by atoms with E-state index in [-0.39, 0.29) is 5.91 Å². The van der Waals surface area contributed by atoms with Gasteiger partial charge >= 0.3 is 0 Å². The lowest BCUT2D eigenvalue weighted by molar-refractivity contribution is 0.0937. The lowest BCUT2D eigenvalue weighted by Crippen LogP contribution is -2.33. The summed E-state index contributed by atoms with van der Waals surface area (Å²) in [6.45, 7) is 6.12. The van der Waals surface area contributed by atoms with E-state index in [9.17, 15) is 4.79 Å². The van der Waals surface area contributed by atoms with Crippen molar-refractivity contribution in [2.24, 2.45) is 0 Å². The van der Waals surface area contributed by atoms with Crippen molar-refractivity contribution in [1.29, 1.82) is 0 Å². The molecule has 1 aliphatic carbocycles. The number of hydrogen-bond donors (Lipinski definition) is 2. The van der Waals surface area contributed by atoms with E-state index in [1.807, 2.05) is 31.7 Å². The van der Waals surface area contributed by atoms with Gasteiger partial charge < -0.3 is 11.1 Å². The highest BCUT2D eigenvalue weighted by Gasteiger charge is 2.26. The third-order valence-corrected chi connectivity index (χ3v) is 5.21. The number of benzene rings is 1. The minimum atomic E-state index is 0.0151. The number of aryl methyl sites for hydroxylation is 2. The van der Waals surface area contributed by atoms with Crippen molar-refractivity contribution < 1.29 is 4.79 Å². The van der Waals surface area contributed by atoms with Gasteiger partial charge in [-0.25, -0.2) is 0 Å². The number of hydrogen-bond acceptors (Lipinski definition) is 3. The number of nitrogens with two attached hydrogens (primary N) is 1. The van der Waals surface area contributed by atoms with E-state index in [0.29, 0.717) is 22.5 Å². The normalized spacial score (nSPS) is 21.9. The van der Waals surface area contributed by atoms with Crippen molar-refractivity contribution in [2.45, 2.75) is 51.3 Å². The number of carbonyl (C=O) groups is 1. The number of carbonyl (C=O) groups excluding carboxylic acids is 1. The Balaban J connectivity index is 2.01. The Morgan fingerprint density at radius 2 is 2.10 bits per heavy atom. The molecule has 0 radical (unpaired) electrons. The van der Waals surface area contributed by atoms with Crippen LogP contribution in [0.2, 0.25) is 0 Å². The van der Waals surface area contributed by atoms with Crippen LogP contribution >= 0.6 is 11.8 Å². The first-order valence-corrected chi connectivity index (χ1v) is 8.35. The van der Waals surface area contributed by atoms with Gasteiger partial charge in [-0.15, -0.1) is 0 Å². The maximum Gasteiger partial charge on any atom is 0.251 e. The van der Waals surface area contributed by atoms with E-state index in [1.54, 1.807) is 6.07 Å². The fourth-order valence-corrected chi connectivity index (χ4v) is 3.98. The highest BCUT2D eigenvalue weighted by atomic mass is 32.2. The van der Waals surface area contributed by atoms with Gasteiger partial charge in [0.15, 0.2) is 0 Å². The Morgan fingerprint density at radius 1 is 1.35 bits per heavy atom. The van der Waals surface area contributed by atoms with Crippen LogP contribution in [0.4, 0.5) is 5.69 Å². The first-order valence-electron chi connectivity index (χ1n) is 7.30. The van der Waals surface area contributed by atoms with Gasteiger partial charge in [0.2, 0.25) is 0 Å². The molecule has 4 heteroatoms. The Labute approximate surface area is 125 Å². The van der Waals surface area contributed by atoms with Crippen LogP contribution in [0, 0.1) is 13.8 Å². The summed E-state index contributed by atoms with van der Waals surface area (Å²) in [6, 6.07) is 4.09. The zero-order chi connectivity index (χ0) is 14.7. The average molecular weight is 292 g/mol. The van der Waals surface area contributed by atoms with Crippen LogP contribution in [0.5, 0.6) is 0 Å². The molecule has 2 atom stereocenters. The van der Waals surface area contributed by atoms with Crippen molar-refractivity contribution in [3.8, 4) is 0 Å². The summed E-state index contributed by atoms with van der Waals surface area (Å²) in [6.07, 6.45) is 3.38. The molecule has 1 fully saturated rings. The second-order valence-electron chi connectivity index (χ2n) is 5.58. The summed E-state index contributed by atoms with van der Waals surface area (Å²) in [5.74, 6) is 1.17. The highest BCUT2D eigenvalue weighted by molar-refractivity contribution is 7.99. The minimum absolute atomic E-state index is 0.0151. The standard InChI is InChI=1S/C16H24N2OS/c1-4-20-13-6-5-12(8-13)18-16(19)14-9-15(17)11(3)7-10(14)2/h7,9,12-13H,4-6,8,17H2,1-3H3,(H,18,19). The molecule has 20 heavy (non-hydrogen) atoms. The van der Waals surface area contributed by atoms with Crippen LogP contribution < -0.4 is 11.1 Å². The molecule has 110 valence electrons. The molecule has 0 heterocycles. The van der Waals surface area contributed by atoms with Crippen molar-refractivity contribution in [3.63, 3.8) is 0 Å². The molecular weight excluding hydrogens is 268 g/mol. The predicted molar refractivity (Wildman–Crippen MR) is 87.4 cm³/mol. The van der Waals surface area contributed by atoms with Gasteiger partial charge in [-0.3, -0.25) is 4.79 Å². The maximum absolute atomic E-state index is 12.4. The molecule has 1 saturated carbocycles. The van der Waals surface area contributed by atoms with Crippen LogP contribution in [-0.4, -0.2) is 23.0 Å². The summed E-state index contributed by atoms with van der Waals surface area (Å²) in [4.78, 5) is 12.4. The van der Waals surface area contributed by atoms with Crippen molar-refractivity contribution in [2.75, 3.05) is 11.5 Å². The molecule has 3 N–H and O–H groups in total. The quantitative estimate of drug-likeness (QED) is 0.837. The van der Waals surface area contributed by atoms with Crippen molar-refractivity contribution in [3.05, 3.63) is 28.8 Å². The molecule has 1 aromatic rings. The van der Waals surface area contributed by atoms with Crippen molar-refractivity contribution >= 4 is 23.4 Å². The van der Waals surface area contributed by atoms with Gasteiger partial charge in [-0.1, -0.05) is 13.0 Å². The van der Waals surface area contributed by atoms with Crippen LogP contribution in [-0.2, 0) is 0 Å². The molecule has 0 aromatic heterocycles. The molecule has 1 aliphatic rings. The Kier molecular flexibility index (Phi) is 4.97. The van der Waals surface area contributed by atoms with Gasteiger partial charge in [-0.05, 0) is 56.1 Å². The number of thioether (sulfide) groups is 1. The molecule has 2 unspecified atom stereocenters. The number of rotatable bonds is 4. The molecular formula is C16H24N2OS.